The number of esters is 1. The van der Waals surface area contributed by atoms with Crippen LogP contribution < -0.4 is 10.1 Å². The summed E-state index contributed by atoms with van der Waals surface area (Å²) >= 11 is 0. The van der Waals surface area contributed by atoms with Crippen molar-refractivity contribution >= 4 is 29.0 Å². The van der Waals surface area contributed by atoms with Crippen molar-refractivity contribution in [3.8, 4) is 5.75 Å². The Balaban J connectivity index is 1.92. The number of non-ortho nitro benzene ring substituents is 1. The molecule has 2 rings (SSSR count). The topological polar surface area (TPSA) is 116 Å². The number of hydrogen-bond donors (Lipinski definition) is 1. The van der Waals surface area contributed by atoms with E-state index in [0.717, 1.165) is 0 Å². The quantitative estimate of drug-likeness (QED) is 0.329. The Bertz CT molecular complexity index is 861. The molecule has 1 amide bonds. The van der Waals surface area contributed by atoms with Crippen molar-refractivity contribution in [2.24, 2.45) is 0 Å². The van der Waals surface area contributed by atoms with Crippen LogP contribution in [-0.4, -0.2) is 22.6 Å². The van der Waals surface area contributed by atoms with Crippen molar-refractivity contribution in [2.75, 3.05) is 5.32 Å². The highest BCUT2D eigenvalue weighted by atomic mass is 16.6. The Morgan fingerprint density at radius 1 is 1.07 bits per heavy atom. The summed E-state index contributed by atoms with van der Waals surface area (Å²) < 4.78 is 5.14. The molecule has 0 saturated heterocycles. The molecule has 140 valence electrons. The Morgan fingerprint density at radius 3 is 2.41 bits per heavy atom. The number of benzene rings is 2. The van der Waals surface area contributed by atoms with Crippen LogP contribution in [0.1, 0.15) is 36.5 Å². The second kappa shape index (κ2) is 9.23. The third-order valence-electron chi connectivity index (χ3n) is 3.57. The average molecular weight is 370 g/mol. The standard InChI is InChI=1S/C19H18N2O6/c1-13(22)4-2-7-18(23)27-17-10-8-15(9-11-17)20-19(24)14-5-3-6-16(12-14)21(25)26/h3,5-6,8-12H,2,4,7H2,1H3,(H,20,24). The second-order valence-corrected chi connectivity index (χ2v) is 5.82. The minimum Gasteiger partial charge on any atom is -0.427 e. The summed E-state index contributed by atoms with van der Waals surface area (Å²) in [6.07, 6.45) is 0.911. The summed E-state index contributed by atoms with van der Waals surface area (Å²) in [6, 6.07) is 11.5. The van der Waals surface area contributed by atoms with Crippen LogP contribution in [0.15, 0.2) is 48.5 Å². The molecule has 27 heavy (non-hydrogen) atoms. The van der Waals surface area contributed by atoms with Gasteiger partial charge in [-0.3, -0.25) is 19.7 Å². The Morgan fingerprint density at radius 2 is 1.78 bits per heavy atom. The fraction of sp³-hybridized carbons (Fsp3) is 0.211. The van der Waals surface area contributed by atoms with Crippen molar-refractivity contribution in [1.29, 1.82) is 0 Å². The van der Waals surface area contributed by atoms with Crippen molar-refractivity contribution < 1.29 is 24.0 Å². The van der Waals surface area contributed by atoms with Gasteiger partial charge in [0.05, 0.1) is 4.92 Å². The second-order valence-electron chi connectivity index (χ2n) is 5.82. The fourth-order valence-electron chi connectivity index (χ4n) is 2.23. The third kappa shape index (κ3) is 6.35. The molecule has 0 heterocycles. The molecule has 0 radical (unpaired) electrons. The van der Waals surface area contributed by atoms with Gasteiger partial charge in [0.1, 0.15) is 11.5 Å². The Hall–Kier alpha value is -3.55. The number of nitro benzene ring substituents is 1. The molecule has 0 aliphatic carbocycles. The number of carbonyl (C=O) groups excluding carboxylic acids is 3. The number of anilines is 1. The number of ether oxygens (including phenoxy) is 1. The molecule has 0 bridgehead atoms. The van der Waals surface area contributed by atoms with E-state index in [2.05, 4.69) is 5.32 Å². The van der Waals surface area contributed by atoms with Gasteiger partial charge in [0.15, 0.2) is 0 Å². The van der Waals surface area contributed by atoms with Crippen molar-refractivity contribution in [2.45, 2.75) is 26.2 Å². The number of ketones is 1. The zero-order valence-electron chi connectivity index (χ0n) is 14.6. The molecule has 8 nitrogen and oxygen atoms in total. The molecular weight excluding hydrogens is 352 g/mol. The third-order valence-corrected chi connectivity index (χ3v) is 3.57. The Kier molecular flexibility index (Phi) is 6.76. The van der Waals surface area contributed by atoms with Crippen LogP contribution in [0.2, 0.25) is 0 Å². The molecule has 2 aromatic carbocycles. The van der Waals surface area contributed by atoms with Gasteiger partial charge >= 0.3 is 5.97 Å². The first-order chi connectivity index (χ1) is 12.8. The largest absolute Gasteiger partial charge is 0.427 e. The maximum atomic E-state index is 12.2. The molecule has 0 atom stereocenters. The van der Waals surface area contributed by atoms with E-state index in [1.165, 1.54) is 43.3 Å². The van der Waals surface area contributed by atoms with E-state index in [1.807, 2.05) is 0 Å². The SMILES string of the molecule is CC(=O)CCCC(=O)Oc1ccc(NC(=O)c2cccc([N+](=O)[O-])c2)cc1. The van der Waals surface area contributed by atoms with Crippen LogP contribution >= 0.6 is 0 Å². The molecule has 8 heteroatoms. The molecule has 0 aliphatic rings. The van der Waals surface area contributed by atoms with E-state index in [-0.39, 0.29) is 23.5 Å². The van der Waals surface area contributed by atoms with Gasteiger partial charge < -0.3 is 14.8 Å². The van der Waals surface area contributed by atoms with Gasteiger partial charge in [0.25, 0.3) is 11.6 Å². The van der Waals surface area contributed by atoms with Crippen LogP contribution in [0.4, 0.5) is 11.4 Å². The van der Waals surface area contributed by atoms with Gasteiger partial charge in [-0.25, -0.2) is 0 Å². The highest BCUT2D eigenvalue weighted by Crippen LogP contribution is 2.19. The summed E-state index contributed by atoms with van der Waals surface area (Å²) in [7, 11) is 0. The number of nitrogens with zero attached hydrogens (tertiary/aromatic N) is 1. The number of nitrogens with one attached hydrogen (secondary N) is 1. The monoisotopic (exact) mass is 370 g/mol. The lowest BCUT2D eigenvalue weighted by Crippen LogP contribution is -2.12. The zero-order chi connectivity index (χ0) is 19.8. The smallest absolute Gasteiger partial charge is 0.311 e. The van der Waals surface area contributed by atoms with E-state index in [1.54, 1.807) is 12.1 Å². The number of carbonyl (C=O) groups is 3. The predicted molar refractivity (Wildman–Crippen MR) is 97.7 cm³/mol. The number of Topliss-reactive ketones (excluding diaryl/α,β-unsaturated/α-hetero) is 1. The molecule has 1 N–H and O–H groups in total. The van der Waals surface area contributed by atoms with Crippen molar-refractivity contribution in [1.82, 2.24) is 0 Å². The van der Waals surface area contributed by atoms with Crippen LogP contribution in [0.25, 0.3) is 0 Å². The number of rotatable bonds is 8. The lowest BCUT2D eigenvalue weighted by Gasteiger charge is -2.07. The first-order valence-corrected chi connectivity index (χ1v) is 8.21. The first kappa shape index (κ1) is 19.8. The molecule has 0 unspecified atom stereocenters. The van der Waals surface area contributed by atoms with Crippen molar-refractivity contribution in [3.63, 3.8) is 0 Å². The molecule has 0 aromatic heterocycles. The molecule has 0 saturated carbocycles. The summed E-state index contributed by atoms with van der Waals surface area (Å²) in [4.78, 5) is 44.9. The lowest BCUT2D eigenvalue weighted by atomic mass is 10.2. The number of amides is 1. The predicted octanol–water partition coefficient (Wildman–Crippen LogP) is 3.51. The molecule has 0 spiro atoms. The molecule has 0 fully saturated rings. The van der Waals surface area contributed by atoms with Crippen LogP contribution in [0.5, 0.6) is 5.75 Å². The van der Waals surface area contributed by atoms with Crippen LogP contribution in [0, 0.1) is 10.1 Å². The fourth-order valence-corrected chi connectivity index (χ4v) is 2.23. The number of nitro groups is 1. The summed E-state index contributed by atoms with van der Waals surface area (Å²) in [5, 5.41) is 13.4. The maximum Gasteiger partial charge on any atom is 0.311 e. The zero-order valence-corrected chi connectivity index (χ0v) is 14.6. The highest BCUT2D eigenvalue weighted by Gasteiger charge is 2.12. The van der Waals surface area contributed by atoms with Gasteiger partial charge in [0.2, 0.25) is 0 Å². The van der Waals surface area contributed by atoms with E-state index >= 15 is 0 Å². The molecular formula is C19H18N2O6. The lowest BCUT2D eigenvalue weighted by molar-refractivity contribution is -0.384. The van der Waals surface area contributed by atoms with E-state index < -0.39 is 16.8 Å². The van der Waals surface area contributed by atoms with Crippen molar-refractivity contribution in [3.05, 3.63) is 64.2 Å². The highest BCUT2D eigenvalue weighted by molar-refractivity contribution is 6.04. The minimum atomic E-state index is -0.573. The van der Waals surface area contributed by atoms with E-state index in [9.17, 15) is 24.5 Å². The van der Waals surface area contributed by atoms with Gasteiger partial charge in [-0.15, -0.1) is 0 Å². The van der Waals surface area contributed by atoms with Gasteiger partial charge in [-0.2, -0.15) is 0 Å². The average Bonchev–Trinajstić information content (AvgIpc) is 2.63. The summed E-state index contributed by atoms with van der Waals surface area (Å²) in [5.41, 5.74) is 0.433. The summed E-state index contributed by atoms with van der Waals surface area (Å²) in [6.45, 7) is 1.46. The van der Waals surface area contributed by atoms with Crippen LogP contribution in [-0.2, 0) is 9.59 Å². The van der Waals surface area contributed by atoms with E-state index in [4.69, 9.17) is 4.74 Å². The van der Waals surface area contributed by atoms with Gasteiger partial charge in [0, 0.05) is 36.2 Å². The van der Waals surface area contributed by atoms with Gasteiger partial charge in [-0.1, -0.05) is 6.07 Å². The maximum absolute atomic E-state index is 12.2. The number of hydrogen-bond acceptors (Lipinski definition) is 6. The van der Waals surface area contributed by atoms with Crippen LogP contribution in [0.3, 0.4) is 0 Å². The molecule has 0 aliphatic heterocycles. The van der Waals surface area contributed by atoms with E-state index in [0.29, 0.717) is 24.3 Å². The Labute approximate surface area is 155 Å². The minimum absolute atomic E-state index is 0.0200. The summed E-state index contributed by atoms with van der Waals surface area (Å²) in [5.74, 6) is -0.597. The van der Waals surface area contributed by atoms with Gasteiger partial charge in [-0.05, 0) is 43.7 Å². The normalized spacial score (nSPS) is 10.1. The first-order valence-electron chi connectivity index (χ1n) is 8.21. The molecule has 2 aromatic rings.